The molecule has 0 bridgehead atoms. The molecule has 24 heavy (non-hydrogen) atoms. The lowest BCUT2D eigenvalue weighted by Gasteiger charge is -2.23. The number of imide groups is 1. The predicted octanol–water partition coefficient (Wildman–Crippen LogP) is 4.37. The zero-order valence-electron chi connectivity index (χ0n) is 13.8. The first kappa shape index (κ1) is 17.5. The summed E-state index contributed by atoms with van der Waals surface area (Å²) in [4.78, 5) is 25.4. The topological polar surface area (TPSA) is 55.8 Å². The van der Waals surface area contributed by atoms with Gasteiger partial charge in [0.05, 0.1) is 0 Å². The lowest BCUT2D eigenvalue weighted by atomic mass is 10.2. The summed E-state index contributed by atoms with van der Waals surface area (Å²) in [5.74, 6) is 0. The van der Waals surface area contributed by atoms with Crippen molar-refractivity contribution in [2.24, 2.45) is 0 Å². The Morgan fingerprint density at radius 1 is 0.792 bits per heavy atom. The van der Waals surface area contributed by atoms with Crippen LogP contribution in [0.5, 0.6) is 0 Å². The second-order valence-electron chi connectivity index (χ2n) is 5.54. The van der Waals surface area contributed by atoms with Crippen LogP contribution in [0.15, 0.2) is 60.7 Å². The Morgan fingerprint density at radius 2 is 1.17 bits per heavy atom. The third kappa shape index (κ3) is 5.12. The van der Waals surface area contributed by atoms with Crippen molar-refractivity contribution in [2.45, 2.75) is 33.1 Å². The van der Waals surface area contributed by atoms with E-state index in [1.807, 2.05) is 60.7 Å². The van der Waals surface area contributed by atoms with Crippen LogP contribution in [-0.4, -0.2) is 23.1 Å². The van der Waals surface area contributed by atoms with Gasteiger partial charge in [-0.1, -0.05) is 60.7 Å². The van der Waals surface area contributed by atoms with Gasteiger partial charge in [-0.3, -0.25) is 0 Å². The van der Waals surface area contributed by atoms with Crippen molar-refractivity contribution in [3.05, 3.63) is 71.8 Å². The number of hydrogen-bond acceptors (Lipinski definition) is 4. The monoisotopic (exact) mass is 327 g/mol. The van der Waals surface area contributed by atoms with Gasteiger partial charge in [-0.2, -0.15) is 0 Å². The fraction of sp³-hybridized carbons (Fsp3) is 0.263. The molecule has 0 aliphatic carbocycles. The van der Waals surface area contributed by atoms with E-state index in [2.05, 4.69) is 0 Å². The van der Waals surface area contributed by atoms with Crippen molar-refractivity contribution in [3.63, 3.8) is 0 Å². The first-order valence-electron chi connectivity index (χ1n) is 7.78. The predicted molar refractivity (Wildman–Crippen MR) is 90.2 cm³/mol. The summed E-state index contributed by atoms with van der Waals surface area (Å²) in [7, 11) is 0. The summed E-state index contributed by atoms with van der Waals surface area (Å²) in [6, 6.07) is 18.2. The van der Waals surface area contributed by atoms with Crippen LogP contribution in [0.4, 0.5) is 9.59 Å². The molecule has 0 heterocycles. The number of ether oxygens (including phenoxy) is 2. The highest BCUT2D eigenvalue weighted by Gasteiger charge is 2.27. The van der Waals surface area contributed by atoms with Crippen LogP contribution in [0.25, 0.3) is 0 Å². The van der Waals surface area contributed by atoms with Crippen LogP contribution in [0.2, 0.25) is 0 Å². The number of nitrogens with zero attached hydrogens (tertiary/aromatic N) is 1. The molecule has 0 aliphatic rings. The number of benzene rings is 2. The smallest absolute Gasteiger partial charge is 0.419 e. The van der Waals surface area contributed by atoms with Gasteiger partial charge in [0.2, 0.25) is 0 Å². The Kier molecular flexibility index (Phi) is 6.37. The summed E-state index contributed by atoms with van der Waals surface area (Å²) in [6.45, 7) is 3.67. The maximum atomic E-state index is 12.2. The quantitative estimate of drug-likeness (QED) is 0.818. The van der Waals surface area contributed by atoms with Crippen LogP contribution in [0.3, 0.4) is 0 Å². The Bertz CT molecular complexity index is 600. The van der Waals surface area contributed by atoms with Gasteiger partial charge in [-0.15, -0.1) is 0 Å². The largest absolute Gasteiger partial charge is 0.444 e. The maximum absolute atomic E-state index is 12.2. The summed E-state index contributed by atoms with van der Waals surface area (Å²) in [5.41, 5.74) is 1.71. The summed E-state index contributed by atoms with van der Waals surface area (Å²) >= 11 is 0. The second kappa shape index (κ2) is 8.72. The van der Waals surface area contributed by atoms with Crippen LogP contribution in [0.1, 0.15) is 25.0 Å². The molecule has 0 saturated heterocycles. The molecule has 0 atom stereocenters. The van der Waals surface area contributed by atoms with Gasteiger partial charge in [0, 0.05) is 6.04 Å². The normalized spacial score (nSPS) is 10.3. The molecule has 2 aromatic carbocycles. The van der Waals surface area contributed by atoms with Crippen LogP contribution in [-0.2, 0) is 22.7 Å². The van der Waals surface area contributed by atoms with Gasteiger partial charge in [-0.25, -0.2) is 14.5 Å². The summed E-state index contributed by atoms with van der Waals surface area (Å²) in [6.07, 6.45) is -1.43. The molecule has 0 radical (unpaired) electrons. The molecule has 0 aromatic heterocycles. The van der Waals surface area contributed by atoms with E-state index in [9.17, 15) is 9.59 Å². The van der Waals surface area contributed by atoms with Crippen molar-refractivity contribution in [2.75, 3.05) is 0 Å². The van der Waals surface area contributed by atoms with E-state index in [1.54, 1.807) is 13.8 Å². The summed E-state index contributed by atoms with van der Waals surface area (Å²) < 4.78 is 10.4. The van der Waals surface area contributed by atoms with Gasteiger partial charge < -0.3 is 9.47 Å². The van der Waals surface area contributed by atoms with Crippen molar-refractivity contribution in [1.29, 1.82) is 0 Å². The highest BCUT2D eigenvalue weighted by atomic mass is 16.6. The van der Waals surface area contributed by atoms with Crippen molar-refractivity contribution in [1.82, 2.24) is 4.90 Å². The average Bonchev–Trinajstić information content (AvgIpc) is 2.60. The molecule has 5 nitrogen and oxygen atoms in total. The first-order chi connectivity index (χ1) is 11.6. The number of hydrogen-bond donors (Lipinski definition) is 0. The molecule has 0 saturated carbocycles. The van der Waals surface area contributed by atoms with E-state index in [1.165, 1.54) is 0 Å². The van der Waals surface area contributed by atoms with E-state index < -0.39 is 12.2 Å². The van der Waals surface area contributed by atoms with Gasteiger partial charge in [0.25, 0.3) is 0 Å². The number of amides is 2. The van der Waals surface area contributed by atoms with E-state index >= 15 is 0 Å². The maximum Gasteiger partial charge on any atom is 0.419 e. The molecule has 0 unspecified atom stereocenters. The minimum Gasteiger partial charge on any atom is -0.444 e. The minimum atomic E-state index is -0.716. The van der Waals surface area contributed by atoms with Gasteiger partial charge in [-0.05, 0) is 25.0 Å². The van der Waals surface area contributed by atoms with Crippen molar-refractivity contribution >= 4 is 12.2 Å². The van der Waals surface area contributed by atoms with Gasteiger partial charge in [0.15, 0.2) is 0 Å². The SMILES string of the molecule is CC(C)N(C(=O)OCc1ccccc1)C(=O)OCc1ccccc1. The molecule has 0 N–H and O–H groups in total. The molecule has 0 spiro atoms. The van der Waals surface area contributed by atoms with E-state index in [-0.39, 0.29) is 19.3 Å². The Labute approximate surface area is 141 Å². The Morgan fingerprint density at radius 3 is 1.50 bits per heavy atom. The average molecular weight is 327 g/mol. The zero-order chi connectivity index (χ0) is 17.4. The highest BCUT2D eigenvalue weighted by molar-refractivity contribution is 5.88. The van der Waals surface area contributed by atoms with Crippen LogP contribution in [0, 0.1) is 0 Å². The minimum absolute atomic E-state index is 0.106. The molecule has 0 fully saturated rings. The standard InChI is InChI=1S/C19H21NO4/c1-15(2)20(18(21)23-13-16-9-5-3-6-10-16)19(22)24-14-17-11-7-4-8-12-17/h3-12,15H,13-14H2,1-2H3. The Balaban J connectivity index is 1.92. The van der Waals surface area contributed by atoms with Crippen LogP contribution >= 0.6 is 0 Å². The van der Waals surface area contributed by atoms with E-state index in [0.29, 0.717) is 0 Å². The fourth-order valence-electron chi connectivity index (χ4n) is 2.07. The third-order valence-corrected chi connectivity index (χ3v) is 3.32. The molecule has 126 valence electrons. The Hall–Kier alpha value is -2.82. The number of rotatable bonds is 5. The molecule has 2 rings (SSSR count). The molecular formula is C19H21NO4. The van der Waals surface area contributed by atoms with Gasteiger partial charge >= 0.3 is 12.2 Å². The van der Waals surface area contributed by atoms with E-state index in [4.69, 9.17) is 9.47 Å². The molecule has 2 amide bonds. The second-order valence-corrected chi connectivity index (χ2v) is 5.54. The lowest BCUT2D eigenvalue weighted by Crippen LogP contribution is -2.42. The van der Waals surface area contributed by atoms with E-state index in [0.717, 1.165) is 16.0 Å². The first-order valence-corrected chi connectivity index (χ1v) is 7.78. The molecule has 5 heteroatoms. The lowest BCUT2D eigenvalue weighted by molar-refractivity contribution is 0.0610. The van der Waals surface area contributed by atoms with Gasteiger partial charge in [0.1, 0.15) is 13.2 Å². The molecule has 0 aliphatic heterocycles. The molecular weight excluding hydrogens is 306 g/mol. The number of carbonyl (C=O) groups is 2. The number of carbonyl (C=O) groups excluding carboxylic acids is 2. The highest BCUT2D eigenvalue weighted by Crippen LogP contribution is 2.10. The van der Waals surface area contributed by atoms with Crippen molar-refractivity contribution < 1.29 is 19.1 Å². The van der Waals surface area contributed by atoms with Crippen molar-refractivity contribution in [3.8, 4) is 0 Å². The summed E-state index contributed by atoms with van der Waals surface area (Å²) in [5, 5.41) is 0. The zero-order valence-corrected chi connectivity index (χ0v) is 13.8. The third-order valence-electron chi connectivity index (χ3n) is 3.32. The molecule has 2 aromatic rings. The van der Waals surface area contributed by atoms with Crippen LogP contribution < -0.4 is 0 Å². The fourth-order valence-corrected chi connectivity index (χ4v) is 2.07.